The summed E-state index contributed by atoms with van der Waals surface area (Å²) in [6, 6.07) is 11.2. The summed E-state index contributed by atoms with van der Waals surface area (Å²) in [6.45, 7) is 11.7. The highest BCUT2D eigenvalue weighted by Gasteiger charge is 2.50. The molecule has 5 unspecified atom stereocenters. The van der Waals surface area contributed by atoms with Crippen molar-refractivity contribution in [3.63, 3.8) is 0 Å². The van der Waals surface area contributed by atoms with E-state index in [-0.39, 0.29) is 11.5 Å². The Kier molecular flexibility index (Phi) is 4.06. The van der Waals surface area contributed by atoms with Crippen LogP contribution >= 0.6 is 0 Å². The zero-order valence-electron chi connectivity index (χ0n) is 13.1. The lowest BCUT2D eigenvalue weighted by Gasteiger charge is -2.34. The van der Waals surface area contributed by atoms with Crippen molar-refractivity contribution >= 4 is 0 Å². The van der Waals surface area contributed by atoms with Crippen molar-refractivity contribution in [3.05, 3.63) is 35.9 Å². The molecule has 0 aliphatic heterocycles. The van der Waals surface area contributed by atoms with Gasteiger partial charge in [-0.3, -0.25) is 0 Å². The van der Waals surface area contributed by atoms with Crippen molar-refractivity contribution in [2.75, 3.05) is 0 Å². The zero-order valence-corrected chi connectivity index (χ0v) is 13.1. The van der Waals surface area contributed by atoms with Crippen molar-refractivity contribution in [3.8, 4) is 0 Å². The molecule has 0 aromatic heterocycles. The number of nitrogens with two attached hydrogens (primary N) is 1. The van der Waals surface area contributed by atoms with Crippen molar-refractivity contribution in [1.29, 1.82) is 0 Å². The molecule has 0 heterocycles. The van der Waals surface area contributed by atoms with Gasteiger partial charge < -0.3 is 5.73 Å². The van der Waals surface area contributed by atoms with Crippen LogP contribution in [0.4, 0.5) is 0 Å². The minimum absolute atomic E-state index is 0.280. The molecule has 0 radical (unpaired) electrons. The summed E-state index contributed by atoms with van der Waals surface area (Å²) in [5, 5.41) is 0. The molecule has 1 saturated carbocycles. The van der Waals surface area contributed by atoms with Crippen LogP contribution in [0.15, 0.2) is 30.3 Å². The molecule has 1 fully saturated rings. The van der Waals surface area contributed by atoms with E-state index in [1.54, 1.807) is 0 Å². The maximum absolute atomic E-state index is 6.70. The van der Waals surface area contributed by atoms with Gasteiger partial charge in [-0.15, -0.1) is 0 Å². The molecule has 1 aliphatic rings. The van der Waals surface area contributed by atoms with Gasteiger partial charge in [0.25, 0.3) is 0 Å². The molecule has 2 N–H and O–H groups in total. The van der Waals surface area contributed by atoms with Gasteiger partial charge in [-0.1, -0.05) is 71.4 Å². The molecular formula is C18H29N. The fraction of sp³-hybridized carbons (Fsp3) is 0.667. The molecule has 19 heavy (non-hydrogen) atoms. The lowest BCUT2D eigenvalue weighted by molar-refractivity contribution is 0.162. The standard InChI is InChI=1S/C18H29N/c1-6-14-12(2)16(18(3,4)5)17(19)15(14)13-10-8-7-9-11-13/h7-12,14-17H,6,19H2,1-5H3. The molecule has 0 saturated heterocycles. The summed E-state index contributed by atoms with van der Waals surface area (Å²) in [6.07, 6.45) is 1.22. The van der Waals surface area contributed by atoms with Crippen LogP contribution in [0, 0.1) is 23.2 Å². The fourth-order valence-corrected chi connectivity index (χ4v) is 4.59. The van der Waals surface area contributed by atoms with Crippen LogP contribution in [-0.4, -0.2) is 6.04 Å². The molecule has 1 heteroatoms. The van der Waals surface area contributed by atoms with E-state index in [0.717, 1.165) is 0 Å². The van der Waals surface area contributed by atoms with Crippen molar-refractivity contribution in [2.45, 2.75) is 53.0 Å². The lowest BCUT2D eigenvalue weighted by atomic mass is 9.72. The van der Waals surface area contributed by atoms with Gasteiger partial charge in [-0.2, -0.15) is 0 Å². The highest BCUT2D eigenvalue weighted by atomic mass is 14.8. The van der Waals surface area contributed by atoms with E-state index in [1.165, 1.54) is 12.0 Å². The summed E-state index contributed by atoms with van der Waals surface area (Å²) in [5.41, 5.74) is 8.42. The smallest absolute Gasteiger partial charge is 0.0147 e. The van der Waals surface area contributed by atoms with E-state index in [1.807, 2.05) is 0 Å². The quantitative estimate of drug-likeness (QED) is 0.835. The number of benzene rings is 1. The molecule has 1 aliphatic carbocycles. The first-order valence-electron chi connectivity index (χ1n) is 7.68. The highest BCUT2D eigenvalue weighted by Crippen LogP contribution is 2.53. The summed E-state index contributed by atoms with van der Waals surface area (Å²) in [7, 11) is 0. The third-order valence-electron chi connectivity index (χ3n) is 5.19. The van der Waals surface area contributed by atoms with E-state index in [2.05, 4.69) is 65.0 Å². The number of hydrogen-bond donors (Lipinski definition) is 1. The van der Waals surface area contributed by atoms with Gasteiger partial charge in [-0.25, -0.2) is 0 Å². The average Bonchev–Trinajstić information content (AvgIpc) is 2.60. The molecule has 1 nitrogen and oxygen atoms in total. The number of hydrogen-bond acceptors (Lipinski definition) is 1. The molecule has 5 atom stereocenters. The highest BCUT2D eigenvalue weighted by molar-refractivity contribution is 5.25. The van der Waals surface area contributed by atoms with Gasteiger partial charge >= 0.3 is 0 Å². The van der Waals surface area contributed by atoms with E-state index < -0.39 is 0 Å². The minimum Gasteiger partial charge on any atom is -0.327 e. The van der Waals surface area contributed by atoms with Crippen molar-refractivity contribution in [2.24, 2.45) is 28.9 Å². The Bertz CT molecular complexity index is 403. The first-order valence-corrected chi connectivity index (χ1v) is 7.68. The van der Waals surface area contributed by atoms with Crippen molar-refractivity contribution < 1.29 is 0 Å². The summed E-state index contributed by atoms with van der Waals surface area (Å²) >= 11 is 0. The SMILES string of the molecule is CCC1C(C)C(C(C)(C)C)C(N)C1c1ccccc1. The Morgan fingerprint density at radius 2 is 1.68 bits per heavy atom. The van der Waals surface area contributed by atoms with E-state index in [9.17, 15) is 0 Å². The average molecular weight is 259 g/mol. The molecule has 0 spiro atoms. The summed E-state index contributed by atoms with van der Waals surface area (Å²) in [4.78, 5) is 0. The topological polar surface area (TPSA) is 26.0 Å². The van der Waals surface area contributed by atoms with Gasteiger partial charge in [0.2, 0.25) is 0 Å². The fourth-order valence-electron chi connectivity index (χ4n) is 4.59. The van der Waals surface area contributed by atoms with Gasteiger partial charge in [-0.05, 0) is 28.7 Å². The van der Waals surface area contributed by atoms with Crippen LogP contribution in [0.25, 0.3) is 0 Å². The Balaban J connectivity index is 2.38. The van der Waals surface area contributed by atoms with Crippen molar-refractivity contribution in [1.82, 2.24) is 0 Å². The van der Waals surface area contributed by atoms with E-state index in [4.69, 9.17) is 5.73 Å². The van der Waals surface area contributed by atoms with Gasteiger partial charge in [0.1, 0.15) is 0 Å². The maximum atomic E-state index is 6.70. The Morgan fingerprint density at radius 3 is 2.16 bits per heavy atom. The molecule has 106 valence electrons. The maximum Gasteiger partial charge on any atom is 0.0147 e. The third kappa shape index (κ3) is 2.58. The molecular weight excluding hydrogens is 230 g/mol. The van der Waals surface area contributed by atoms with Crippen LogP contribution in [0.2, 0.25) is 0 Å². The second kappa shape index (κ2) is 5.28. The summed E-state index contributed by atoms with van der Waals surface area (Å²) in [5.74, 6) is 2.53. The molecule has 0 bridgehead atoms. The third-order valence-corrected chi connectivity index (χ3v) is 5.19. The summed E-state index contributed by atoms with van der Waals surface area (Å²) < 4.78 is 0. The Hall–Kier alpha value is -0.820. The lowest BCUT2D eigenvalue weighted by Crippen LogP contribution is -2.39. The largest absolute Gasteiger partial charge is 0.327 e. The predicted molar refractivity (Wildman–Crippen MR) is 83.0 cm³/mol. The van der Waals surface area contributed by atoms with Gasteiger partial charge in [0.05, 0.1) is 0 Å². The monoisotopic (exact) mass is 259 g/mol. The first-order chi connectivity index (χ1) is 8.88. The Labute approximate surface area is 118 Å². The molecule has 0 amide bonds. The Morgan fingerprint density at radius 1 is 1.11 bits per heavy atom. The molecule has 2 rings (SSSR count). The van der Waals surface area contributed by atoms with E-state index >= 15 is 0 Å². The minimum atomic E-state index is 0.280. The first kappa shape index (κ1) is 14.6. The van der Waals surface area contributed by atoms with Crippen LogP contribution < -0.4 is 5.73 Å². The van der Waals surface area contributed by atoms with Crippen LogP contribution in [-0.2, 0) is 0 Å². The molecule has 1 aromatic carbocycles. The second-order valence-corrected chi connectivity index (χ2v) is 7.34. The van der Waals surface area contributed by atoms with Gasteiger partial charge in [0, 0.05) is 12.0 Å². The van der Waals surface area contributed by atoms with Crippen LogP contribution in [0.5, 0.6) is 0 Å². The predicted octanol–water partition coefficient (Wildman–Crippen LogP) is 4.44. The van der Waals surface area contributed by atoms with Gasteiger partial charge in [0.15, 0.2) is 0 Å². The van der Waals surface area contributed by atoms with Crippen LogP contribution in [0.1, 0.15) is 52.5 Å². The van der Waals surface area contributed by atoms with E-state index in [0.29, 0.717) is 23.7 Å². The normalized spacial score (nSPS) is 35.6. The number of rotatable bonds is 2. The second-order valence-electron chi connectivity index (χ2n) is 7.34. The molecule has 1 aromatic rings. The zero-order chi connectivity index (χ0) is 14.2. The van der Waals surface area contributed by atoms with Crippen LogP contribution in [0.3, 0.4) is 0 Å².